The van der Waals surface area contributed by atoms with Gasteiger partial charge < -0.3 is 18.2 Å². The number of hydrogen-bond donors (Lipinski definition) is 1. The summed E-state index contributed by atoms with van der Waals surface area (Å²) in [6, 6.07) is 39.4. The summed E-state index contributed by atoms with van der Waals surface area (Å²) in [5, 5.41) is 0. The molecule has 4 rings (SSSR count). The number of aliphatic imine (C=N–C) groups is 1. The Kier molecular flexibility index (Phi) is 53.9. The molecule has 9 heteroatoms. The quantitative estimate of drug-likeness (QED) is 0.159. The largest absolute Gasteiger partial charge is 1.00 e. The van der Waals surface area contributed by atoms with E-state index in [0.717, 1.165) is 23.4 Å². The number of rotatable bonds is 3. The molecule has 0 unspecified atom stereocenters. The smallest absolute Gasteiger partial charge is 0.643 e. The fraction of sp³-hybridized carbons (Fsp3) is 0.0690. The van der Waals surface area contributed by atoms with Gasteiger partial charge in [0, 0.05) is 175 Å². The van der Waals surface area contributed by atoms with Gasteiger partial charge in [-0.15, -0.1) is 6.42 Å². The van der Waals surface area contributed by atoms with Crippen molar-refractivity contribution < 1.29 is 185 Å². The summed E-state index contributed by atoms with van der Waals surface area (Å²) >= 11 is 0. The van der Waals surface area contributed by atoms with Gasteiger partial charge in [0.05, 0.1) is 5.69 Å². The number of nitrogen functional groups attached to an aromatic ring is 1. The van der Waals surface area contributed by atoms with E-state index in [1.54, 1.807) is 0 Å². The van der Waals surface area contributed by atoms with Crippen LogP contribution in [-0.2, 0) is 6.42 Å². The number of para-hydroxylation sites is 2. The molecule has 0 saturated carbocycles. The summed E-state index contributed by atoms with van der Waals surface area (Å²) in [7, 11) is 3.00. The first kappa shape index (κ1) is 52.6. The fourth-order valence-electron chi connectivity index (χ4n) is 2.37. The first-order valence-electron chi connectivity index (χ1n) is 9.93. The third kappa shape index (κ3) is 29.4. The van der Waals surface area contributed by atoms with Gasteiger partial charge in [-0.1, -0.05) is 98.3 Å². The predicted molar refractivity (Wildman–Crippen MR) is 144 cm³/mol. The zero-order valence-corrected chi connectivity index (χ0v) is 25.1. The minimum Gasteiger partial charge on any atom is -0.643 e. The van der Waals surface area contributed by atoms with Gasteiger partial charge in [-0.05, 0) is 42.0 Å². The van der Waals surface area contributed by atoms with E-state index in [1.807, 2.05) is 115 Å². The van der Waals surface area contributed by atoms with Gasteiger partial charge in [0.1, 0.15) is 0 Å². The number of anilines is 1. The molecule has 3 radical (unpaired) electrons. The number of benzene rings is 4. The molecule has 2 nitrogen and oxygen atoms in total. The van der Waals surface area contributed by atoms with Crippen LogP contribution in [0.1, 0.15) is 18.6 Å². The first-order chi connectivity index (χ1) is 15.8. The summed E-state index contributed by atoms with van der Waals surface area (Å²) in [5.41, 5.74) is 9.41. The summed E-state index contributed by atoms with van der Waals surface area (Å²) in [5.74, 6) is 2.53. The molecule has 0 bridgehead atoms. The Morgan fingerprint density at radius 3 is 1.39 bits per heavy atom. The molecule has 0 aliphatic heterocycles. The van der Waals surface area contributed by atoms with Gasteiger partial charge in [-0.3, -0.25) is 4.99 Å². The van der Waals surface area contributed by atoms with Crippen LogP contribution in [0.4, 0.5) is 15.7 Å². The molecule has 0 saturated heterocycles. The number of nitrogens with zero attached hydrogens (tertiary/aromatic N) is 1. The summed E-state index contributed by atoms with van der Waals surface area (Å²) in [4.78, 5) is 4.38. The Hall–Kier alpha value is 1.94. The number of terminal acetylenes is 1. The summed E-state index contributed by atoms with van der Waals surface area (Å²) in [6.07, 6.45) is 7.93. The molecule has 0 amide bonds. The van der Waals surface area contributed by atoms with Gasteiger partial charge in [0.2, 0.25) is 0 Å². The maximum Gasteiger partial charge on any atom is 1.00 e. The van der Waals surface area contributed by atoms with Crippen LogP contribution in [0, 0.1) is 163 Å². The Labute approximate surface area is 372 Å². The van der Waals surface area contributed by atoms with Crippen LogP contribution in [-0.4, -0.2) is 14.3 Å². The second-order valence-electron chi connectivity index (χ2n) is 6.26. The van der Waals surface area contributed by atoms with E-state index in [9.17, 15) is 0 Å². The predicted octanol–water partition coefficient (Wildman–Crippen LogP) is 4.25. The number of halogens is 1. The van der Waals surface area contributed by atoms with Crippen LogP contribution in [0.3, 0.4) is 0 Å². The van der Waals surface area contributed by atoms with Gasteiger partial charge in [0.15, 0.2) is 0 Å². The molecule has 0 heterocycles. The first-order valence-corrected chi connectivity index (χ1v) is 9.93. The van der Waals surface area contributed by atoms with Crippen LogP contribution in [0.25, 0.3) is 0 Å². The van der Waals surface area contributed by atoms with Crippen molar-refractivity contribution in [1.82, 2.24) is 0 Å². The zero-order chi connectivity index (χ0) is 23.3. The maximum absolute atomic E-state index is 9.00. The van der Waals surface area contributed by atoms with E-state index in [0.29, 0.717) is 0 Å². The Balaban J connectivity index is -0.0000000973. The van der Waals surface area contributed by atoms with E-state index in [-0.39, 0.29) is 188 Å². The third-order valence-electron chi connectivity index (χ3n) is 3.91. The molecule has 2 N–H and O–H groups in total. The van der Waals surface area contributed by atoms with Crippen molar-refractivity contribution in [3.05, 3.63) is 132 Å². The van der Waals surface area contributed by atoms with Crippen molar-refractivity contribution in [2.24, 2.45) is 4.99 Å². The molecule has 4 aromatic rings. The Bertz CT molecular complexity index is 1040. The molecule has 0 fully saturated rings. The van der Waals surface area contributed by atoms with E-state index >= 15 is 0 Å². The van der Waals surface area contributed by atoms with Crippen LogP contribution in [0.15, 0.2) is 126 Å². The van der Waals surface area contributed by atoms with Crippen LogP contribution >= 0.6 is 0 Å². The standard InChI is InChI=1S/C14H13N.C8H6.C6H7N.CH4.4Ar.BF.Na/c1-3-7-13(8-4-1)11-12-15-14-9-5-2-6-10-14;1-2-8-6-4-3-5-7-8;7-6-4-2-1-3-5-6;;;;;;1-2;/h1-10,12H,11H2;1,3-7H;1-5H,7H2;1H4;;;;;;/q;;;;;;;;-1;+1. The van der Waals surface area contributed by atoms with Crippen molar-refractivity contribution in [3.8, 4) is 12.3 Å². The summed E-state index contributed by atoms with van der Waals surface area (Å²) in [6.45, 7) is 0. The molecule has 0 aliphatic rings. The minimum atomic E-state index is 0. The topological polar surface area (TPSA) is 38.4 Å². The van der Waals surface area contributed by atoms with Gasteiger partial charge in [-0.25, -0.2) is 0 Å². The molecular formula is C29H30Ar4BFN2Na. The maximum atomic E-state index is 9.00. The molecular weight excluding hydrogens is 589 g/mol. The van der Waals surface area contributed by atoms with Crippen LogP contribution in [0.2, 0.25) is 0 Å². The van der Waals surface area contributed by atoms with E-state index < -0.39 is 0 Å². The summed E-state index contributed by atoms with van der Waals surface area (Å²) < 4.78 is 9.00. The molecule has 0 atom stereocenters. The molecule has 0 aromatic heterocycles. The van der Waals surface area contributed by atoms with Crippen molar-refractivity contribution in [3.63, 3.8) is 0 Å². The molecule has 199 valence electrons. The monoisotopic (exact) mass is 619 g/mol. The fourth-order valence-corrected chi connectivity index (χ4v) is 2.37. The van der Waals surface area contributed by atoms with Crippen molar-refractivity contribution in [2.45, 2.75) is 13.8 Å². The normalized spacial score (nSPS) is 7.61. The SMILES string of the molecule is C.C#Cc1ccccc1.C(Cc1ccccc1)=Nc1ccccc1.Nc1ccccc1.[Ar].[Ar].[Ar].[Ar].[B-]F.[Na+]. The second kappa shape index (κ2) is 38.9. The van der Waals surface area contributed by atoms with E-state index in [2.05, 4.69) is 31.2 Å². The van der Waals surface area contributed by atoms with Gasteiger partial charge in [0.25, 0.3) is 0 Å². The van der Waals surface area contributed by atoms with Gasteiger partial charge >= 0.3 is 29.6 Å². The molecule has 4 aromatic carbocycles. The van der Waals surface area contributed by atoms with Crippen molar-refractivity contribution in [1.29, 1.82) is 0 Å². The van der Waals surface area contributed by atoms with Crippen molar-refractivity contribution >= 4 is 25.7 Å². The molecule has 0 spiro atoms. The molecule has 38 heavy (non-hydrogen) atoms. The Morgan fingerprint density at radius 2 is 1.05 bits per heavy atom. The zero-order valence-electron chi connectivity index (χ0n) is 20.3. The van der Waals surface area contributed by atoms with Crippen LogP contribution < -0.4 is 35.3 Å². The second-order valence-corrected chi connectivity index (χ2v) is 6.26. The molecule has 0 aliphatic carbocycles. The minimum absolute atomic E-state index is 0. The van der Waals surface area contributed by atoms with E-state index in [4.69, 9.17) is 16.5 Å². The third-order valence-corrected chi connectivity index (χ3v) is 3.91. The Morgan fingerprint density at radius 1 is 0.684 bits per heavy atom. The number of nitrogens with two attached hydrogens (primary N) is 1. The van der Waals surface area contributed by atoms with Crippen LogP contribution in [0.5, 0.6) is 0 Å². The van der Waals surface area contributed by atoms with Gasteiger partial charge in [-0.2, -0.15) is 0 Å². The van der Waals surface area contributed by atoms with E-state index in [1.165, 1.54) is 5.56 Å². The van der Waals surface area contributed by atoms with Crippen molar-refractivity contribution in [2.75, 3.05) is 5.73 Å². The number of hydrogen-bond acceptors (Lipinski definition) is 2. The average molecular weight is 619 g/mol. The average Bonchev–Trinajstić information content (AvgIpc) is 2.88.